The Hall–Kier alpha value is -1.06. The van der Waals surface area contributed by atoms with Crippen molar-refractivity contribution in [1.82, 2.24) is 0 Å². The summed E-state index contributed by atoms with van der Waals surface area (Å²) in [7, 11) is 0. The van der Waals surface area contributed by atoms with Gasteiger partial charge in [0, 0.05) is 5.56 Å². The van der Waals surface area contributed by atoms with Crippen molar-refractivity contribution in [2.45, 2.75) is 19.1 Å². The first-order chi connectivity index (χ1) is 6.79. The zero-order valence-electron chi connectivity index (χ0n) is 8.14. The highest BCUT2D eigenvalue weighted by Gasteiger charge is 2.26. The Bertz CT molecular complexity index is 311. The Labute approximate surface area is 83.3 Å². The SMILES string of the molecule is C[C@H]1OCCO[C@@H]1c1ccccc1O. The molecule has 2 rings (SSSR count). The van der Waals surface area contributed by atoms with E-state index in [4.69, 9.17) is 9.47 Å². The van der Waals surface area contributed by atoms with Crippen molar-refractivity contribution in [3.05, 3.63) is 29.8 Å². The summed E-state index contributed by atoms with van der Waals surface area (Å²) in [5, 5.41) is 9.64. The summed E-state index contributed by atoms with van der Waals surface area (Å²) < 4.78 is 11.0. The van der Waals surface area contributed by atoms with Crippen molar-refractivity contribution in [3.63, 3.8) is 0 Å². The van der Waals surface area contributed by atoms with Crippen LogP contribution < -0.4 is 0 Å². The van der Waals surface area contributed by atoms with Gasteiger partial charge in [-0.05, 0) is 13.0 Å². The predicted octanol–water partition coefficient (Wildman–Crippen LogP) is 1.87. The van der Waals surface area contributed by atoms with E-state index < -0.39 is 0 Å². The Morgan fingerprint density at radius 2 is 1.93 bits per heavy atom. The third-order valence-corrected chi connectivity index (χ3v) is 2.43. The van der Waals surface area contributed by atoms with Gasteiger partial charge in [-0.2, -0.15) is 0 Å². The minimum absolute atomic E-state index is 0.00273. The summed E-state index contributed by atoms with van der Waals surface area (Å²) in [6, 6.07) is 7.22. The number of aromatic hydroxyl groups is 1. The highest BCUT2D eigenvalue weighted by atomic mass is 16.6. The fraction of sp³-hybridized carbons (Fsp3) is 0.455. The normalized spacial score (nSPS) is 27.5. The highest BCUT2D eigenvalue weighted by molar-refractivity contribution is 5.34. The molecule has 0 aromatic heterocycles. The van der Waals surface area contributed by atoms with Crippen LogP contribution in [-0.4, -0.2) is 24.4 Å². The molecule has 1 saturated heterocycles. The average Bonchev–Trinajstić information content (AvgIpc) is 2.20. The molecule has 0 bridgehead atoms. The molecular weight excluding hydrogens is 180 g/mol. The molecule has 0 spiro atoms. The number of ether oxygens (including phenoxy) is 2. The number of phenolic OH excluding ortho intramolecular Hbond substituents is 1. The molecule has 0 radical (unpaired) electrons. The number of phenols is 1. The molecule has 1 heterocycles. The van der Waals surface area contributed by atoms with Crippen LogP contribution in [0.25, 0.3) is 0 Å². The van der Waals surface area contributed by atoms with Crippen LogP contribution in [-0.2, 0) is 9.47 Å². The lowest BCUT2D eigenvalue weighted by Gasteiger charge is -2.30. The lowest BCUT2D eigenvalue weighted by molar-refractivity contribution is -0.135. The Balaban J connectivity index is 2.25. The van der Waals surface area contributed by atoms with Gasteiger partial charge >= 0.3 is 0 Å². The van der Waals surface area contributed by atoms with Crippen LogP contribution in [0.1, 0.15) is 18.6 Å². The molecule has 14 heavy (non-hydrogen) atoms. The van der Waals surface area contributed by atoms with Gasteiger partial charge in [-0.15, -0.1) is 0 Å². The summed E-state index contributed by atoms with van der Waals surface area (Å²) in [6.07, 6.45) is -0.151. The van der Waals surface area contributed by atoms with Crippen molar-refractivity contribution in [2.24, 2.45) is 0 Å². The van der Waals surface area contributed by atoms with Gasteiger partial charge in [0.25, 0.3) is 0 Å². The molecule has 3 nitrogen and oxygen atoms in total. The zero-order valence-corrected chi connectivity index (χ0v) is 8.14. The zero-order chi connectivity index (χ0) is 9.97. The van der Waals surface area contributed by atoms with Crippen molar-refractivity contribution in [2.75, 3.05) is 13.2 Å². The van der Waals surface area contributed by atoms with Gasteiger partial charge in [0.2, 0.25) is 0 Å². The van der Waals surface area contributed by atoms with E-state index in [1.54, 1.807) is 12.1 Å². The fourth-order valence-corrected chi connectivity index (χ4v) is 1.70. The van der Waals surface area contributed by atoms with Crippen LogP contribution in [0.15, 0.2) is 24.3 Å². The maximum absolute atomic E-state index is 9.64. The van der Waals surface area contributed by atoms with E-state index in [-0.39, 0.29) is 18.0 Å². The summed E-state index contributed by atoms with van der Waals surface area (Å²) >= 11 is 0. The Morgan fingerprint density at radius 1 is 1.21 bits per heavy atom. The standard InChI is InChI=1S/C11H14O3/c1-8-11(14-7-6-13-8)9-4-2-3-5-10(9)12/h2-5,8,11-12H,6-7H2,1H3/t8-,11+/m1/s1. The van der Waals surface area contributed by atoms with Crippen LogP contribution >= 0.6 is 0 Å². The lowest BCUT2D eigenvalue weighted by atomic mass is 10.0. The van der Waals surface area contributed by atoms with E-state index in [1.165, 1.54) is 0 Å². The molecule has 76 valence electrons. The lowest BCUT2D eigenvalue weighted by Crippen LogP contribution is -2.29. The van der Waals surface area contributed by atoms with Gasteiger partial charge in [-0.1, -0.05) is 18.2 Å². The first-order valence-corrected chi connectivity index (χ1v) is 4.80. The van der Waals surface area contributed by atoms with Crippen molar-refractivity contribution in [3.8, 4) is 5.75 Å². The van der Waals surface area contributed by atoms with Crippen molar-refractivity contribution < 1.29 is 14.6 Å². The molecule has 0 aliphatic carbocycles. The summed E-state index contributed by atoms with van der Waals surface area (Å²) in [5.41, 5.74) is 0.805. The van der Waals surface area contributed by atoms with Crippen LogP contribution in [0.4, 0.5) is 0 Å². The Morgan fingerprint density at radius 3 is 2.64 bits per heavy atom. The monoisotopic (exact) mass is 194 g/mol. The highest BCUT2D eigenvalue weighted by Crippen LogP contribution is 2.31. The van der Waals surface area contributed by atoms with E-state index in [0.717, 1.165) is 5.56 Å². The third kappa shape index (κ3) is 1.74. The number of rotatable bonds is 1. The number of benzene rings is 1. The third-order valence-electron chi connectivity index (χ3n) is 2.43. The summed E-state index contributed by atoms with van der Waals surface area (Å²) in [5.74, 6) is 0.273. The minimum Gasteiger partial charge on any atom is -0.508 e. The summed E-state index contributed by atoms with van der Waals surface area (Å²) in [4.78, 5) is 0. The van der Waals surface area contributed by atoms with E-state index >= 15 is 0 Å². The summed E-state index contributed by atoms with van der Waals surface area (Å²) in [6.45, 7) is 3.17. The topological polar surface area (TPSA) is 38.7 Å². The second kappa shape index (κ2) is 3.98. The second-order valence-electron chi connectivity index (χ2n) is 3.43. The van der Waals surface area contributed by atoms with Crippen molar-refractivity contribution >= 4 is 0 Å². The van der Waals surface area contributed by atoms with E-state index in [9.17, 15) is 5.11 Å². The Kier molecular flexibility index (Phi) is 2.70. The van der Waals surface area contributed by atoms with E-state index in [1.807, 2.05) is 19.1 Å². The van der Waals surface area contributed by atoms with Gasteiger partial charge in [0.15, 0.2) is 0 Å². The average molecular weight is 194 g/mol. The number of hydrogen-bond acceptors (Lipinski definition) is 3. The maximum atomic E-state index is 9.64. The van der Waals surface area contributed by atoms with Gasteiger partial charge in [-0.3, -0.25) is 0 Å². The van der Waals surface area contributed by atoms with E-state index in [0.29, 0.717) is 13.2 Å². The molecule has 0 amide bonds. The maximum Gasteiger partial charge on any atom is 0.121 e. The van der Waals surface area contributed by atoms with Crippen LogP contribution in [0.3, 0.4) is 0 Å². The molecule has 3 heteroatoms. The molecule has 0 unspecified atom stereocenters. The second-order valence-corrected chi connectivity index (χ2v) is 3.43. The molecule has 1 aliphatic heterocycles. The molecule has 0 saturated carbocycles. The molecule has 1 fully saturated rings. The van der Waals surface area contributed by atoms with Gasteiger partial charge in [0.05, 0.1) is 19.3 Å². The first-order valence-electron chi connectivity index (χ1n) is 4.80. The largest absolute Gasteiger partial charge is 0.508 e. The van der Waals surface area contributed by atoms with Crippen LogP contribution in [0.2, 0.25) is 0 Å². The quantitative estimate of drug-likeness (QED) is 0.741. The number of para-hydroxylation sites is 1. The molecule has 1 aromatic carbocycles. The van der Waals surface area contributed by atoms with Gasteiger partial charge in [-0.25, -0.2) is 0 Å². The minimum atomic E-state index is -0.148. The van der Waals surface area contributed by atoms with Gasteiger partial charge < -0.3 is 14.6 Å². The molecule has 1 aromatic rings. The molecule has 1 aliphatic rings. The number of hydrogen-bond donors (Lipinski definition) is 1. The van der Waals surface area contributed by atoms with Crippen LogP contribution in [0, 0.1) is 0 Å². The van der Waals surface area contributed by atoms with E-state index in [2.05, 4.69) is 0 Å². The smallest absolute Gasteiger partial charge is 0.121 e. The van der Waals surface area contributed by atoms with Crippen molar-refractivity contribution in [1.29, 1.82) is 0 Å². The fourth-order valence-electron chi connectivity index (χ4n) is 1.70. The first kappa shape index (κ1) is 9.49. The van der Waals surface area contributed by atoms with Crippen LogP contribution in [0.5, 0.6) is 5.75 Å². The molecule has 2 atom stereocenters. The molecule has 1 N–H and O–H groups in total. The predicted molar refractivity (Wildman–Crippen MR) is 52.2 cm³/mol. The van der Waals surface area contributed by atoms with Gasteiger partial charge in [0.1, 0.15) is 11.9 Å². The molecular formula is C11H14O3.